The molecule has 0 saturated heterocycles. The van der Waals surface area contributed by atoms with E-state index in [0.717, 1.165) is 11.9 Å². The van der Waals surface area contributed by atoms with Crippen molar-refractivity contribution in [1.82, 2.24) is 9.38 Å². The van der Waals surface area contributed by atoms with E-state index in [1.165, 1.54) is 5.56 Å². The minimum Gasteiger partial charge on any atom is -0.330 e. The van der Waals surface area contributed by atoms with Crippen molar-refractivity contribution in [2.24, 2.45) is 5.73 Å². The van der Waals surface area contributed by atoms with Gasteiger partial charge in [-0.3, -0.25) is 4.40 Å². The molecule has 2 N–H and O–H groups in total. The van der Waals surface area contributed by atoms with E-state index in [2.05, 4.69) is 4.98 Å². The van der Waals surface area contributed by atoms with Crippen LogP contribution in [0.5, 0.6) is 0 Å². The average Bonchev–Trinajstić information content (AvgIpc) is 2.48. The molecule has 0 aromatic carbocycles. The Bertz CT molecular complexity index is 422. The molecule has 13 heavy (non-hydrogen) atoms. The third-order valence-corrected chi connectivity index (χ3v) is 2.26. The second-order valence-corrected chi connectivity index (χ2v) is 3.23. The summed E-state index contributed by atoms with van der Waals surface area (Å²) in [5.41, 5.74) is 7.69. The van der Waals surface area contributed by atoms with Crippen LogP contribution in [-0.4, -0.2) is 15.9 Å². The molecule has 0 spiro atoms. The first-order chi connectivity index (χ1) is 6.31. The highest BCUT2D eigenvalue weighted by molar-refractivity contribution is 6.28. The molecule has 0 saturated carbocycles. The zero-order chi connectivity index (χ0) is 9.26. The van der Waals surface area contributed by atoms with E-state index >= 15 is 0 Å². The number of nitrogens with two attached hydrogens (primary N) is 1. The monoisotopic (exact) mass is 195 g/mol. The third kappa shape index (κ3) is 1.53. The molecule has 68 valence electrons. The van der Waals surface area contributed by atoms with Gasteiger partial charge in [0.1, 0.15) is 0 Å². The first kappa shape index (κ1) is 8.53. The molecule has 2 aromatic heterocycles. The van der Waals surface area contributed by atoms with Gasteiger partial charge in [-0.2, -0.15) is 0 Å². The number of fused-ring (bicyclic) bond motifs is 1. The predicted molar refractivity (Wildman–Crippen MR) is 53.0 cm³/mol. The van der Waals surface area contributed by atoms with Gasteiger partial charge in [-0.25, -0.2) is 4.98 Å². The molecular formula is C9H10ClN3. The Kier molecular flexibility index (Phi) is 2.20. The number of imidazole rings is 1. The van der Waals surface area contributed by atoms with Gasteiger partial charge >= 0.3 is 0 Å². The van der Waals surface area contributed by atoms with Gasteiger partial charge in [0.25, 0.3) is 0 Å². The highest BCUT2D eigenvalue weighted by atomic mass is 35.5. The maximum absolute atomic E-state index is 5.83. The summed E-state index contributed by atoms with van der Waals surface area (Å²) in [6.45, 7) is 0.665. The van der Waals surface area contributed by atoms with Crippen LogP contribution in [0.3, 0.4) is 0 Å². The fraction of sp³-hybridized carbons (Fsp3) is 0.222. The summed E-state index contributed by atoms with van der Waals surface area (Å²) < 4.78 is 1.83. The number of aromatic nitrogens is 2. The van der Waals surface area contributed by atoms with Crippen molar-refractivity contribution in [2.75, 3.05) is 6.54 Å². The Morgan fingerprint density at radius 3 is 3.15 bits per heavy atom. The van der Waals surface area contributed by atoms with Crippen LogP contribution < -0.4 is 5.73 Å². The van der Waals surface area contributed by atoms with Crippen LogP contribution in [-0.2, 0) is 6.42 Å². The number of hydrogen-bond donors (Lipinski definition) is 1. The zero-order valence-corrected chi connectivity index (χ0v) is 7.83. The Morgan fingerprint density at radius 2 is 2.38 bits per heavy atom. The van der Waals surface area contributed by atoms with Crippen LogP contribution in [0.2, 0.25) is 5.28 Å². The summed E-state index contributed by atoms with van der Waals surface area (Å²) in [4.78, 5) is 3.99. The fourth-order valence-corrected chi connectivity index (χ4v) is 1.54. The minimum absolute atomic E-state index is 0.495. The lowest BCUT2D eigenvalue weighted by molar-refractivity contribution is 0.963. The molecule has 0 fully saturated rings. The molecule has 0 unspecified atom stereocenters. The topological polar surface area (TPSA) is 43.3 Å². The van der Waals surface area contributed by atoms with Crippen LogP contribution in [0.15, 0.2) is 24.5 Å². The SMILES string of the molecule is NCCc1ccn2c(Cl)ncc2c1. The molecule has 0 aliphatic heterocycles. The van der Waals surface area contributed by atoms with Crippen LogP contribution in [0, 0.1) is 0 Å². The van der Waals surface area contributed by atoms with Crippen molar-refractivity contribution in [3.05, 3.63) is 35.4 Å². The molecule has 0 radical (unpaired) electrons. The van der Waals surface area contributed by atoms with Gasteiger partial charge in [0.2, 0.25) is 5.28 Å². The summed E-state index contributed by atoms with van der Waals surface area (Å²) in [5.74, 6) is 0. The largest absolute Gasteiger partial charge is 0.330 e. The van der Waals surface area contributed by atoms with E-state index in [-0.39, 0.29) is 0 Å². The molecule has 0 aliphatic carbocycles. The van der Waals surface area contributed by atoms with E-state index in [1.807, 2.05) is 22.7 Å². The van der Waals surface area contributed by atoms with Crippen LogP contribution in [0.25, 0.3) is 5.52 Å². The first-order valence-electron chi connectivity index (χ1n) is 4.13. The quantitative estimate of drug-likeness (QED) is 0.789. The molecule has 0 amide bonds. The van der Waals surface area contributed by atoms with E-state index < -0.39 is 0 Å². The van der Waals surface area contributed by atoms with Crippen molar-refractivity contribution in [2.45, 2.75) is 6.42 Å². The molecule has 2 aromatic rings. The smallest absolute Gasteiger partial charge is 0.207 e. The lowest BCUT2D eigenvalue weighted by Crippen LogP contribution is -2.02. The number of rotatable bonds is 2. The Balaban J connectivity index is 2.50. The molecule has 4 heteroatoms. The van der Waals surface area contributed by atoms with Gasteiger partial charge in [0.05, 0.1) is 11.7 Å². The summed E-state index contributed by atoms with van der Waals surface area (Å²) in [6, 6.07) is 4.05. The molecule has 0 atom stereocenters. The van der Waals surface area contributed by atoms with E-state index in [0.29, 0.717) is 11.8 Å². The molecular weight excluding hydrogens is 186 g/mol. The molecule has 0 bridgehead atoms. The van der Waals surface area contributed by atoms with Crippen molar-refractivity contribution >= 4 is 17.1 Å². The van der Waals surface area contributed by atoms with Crippen molar-refractivity contribution in [3.8, 4) is 0 Å². The maximum atomic E-state index is 5.83. The Morgan fingerprint density at radius 1 is 1.54 bits per heavy atom. The number of pyridine rings is 1. The Labute approximate surface area is 81.1 Å². The summed E-state index contributed by atoms with van der Waals surface area (Å²) in [5, 5.41) is 0.495. The van der Waals surface area contributed by atoms with Gasteiger partial charge in [-0.15, -0.1) is 0 Å². The predicted octanol–water partition coefficient (Wildman–Crippen LogP) is 1.49. The van der Waals surface area contributed by atoms with Crippen molar-refractivity contribution < 1.29 is 0 Å². The van der Waals surface area contributed by atoms with Crippen molar-refractivity contribution in [1.29, 1.82) is 0 Å². The van der Waals surface area contributed by atoms with Crippen molar-refractivity contribution in [3.63, 3.8) is 0 Å². The fourth-order valence-electron chi connectivity index (χ4n) is 1.34. The summed E-state index contributed by atoms with van der Waals surface area (Å²) in [6.07, 6.45) is 4.55. The molecule has 3 nitrogen and oxygen atoms in total. The molecule has 0 aliphatic rings. The summed E-state index contributed by atoms with van der Waals surface area (Å²) in [7, 11) is 0. The van der Waals surface area contributed by atoms with E-state index in [9.17, 15) is 0 Å². The number of halogens is 1. The molecule has 2 rings (SSSR count). The molecule has 2 heterocycles. The van der Waals surface area contributed by atoms with Crippen LogP contribution >= 0.6 is 11.6 Å². The first-order valence-corrected chi connectivity index (χ1v) is 4.50. The second-order valence-electron chi connectivity index (χ2n) is 2.90. The maximum Gasteiger partial charge on any atom is 0.207 e. The van der Waals surface area contributed by atoms with Crippen LogP contribution in [0.4, 0.5) is 0 Å². The lowest BCUT2D eigenvalue weighted by Gasteiger charge is -1.99. The minimum atomic E-state index is 0.495. The highest BCUT2D eigenvalue weighted by Gasteiger charge is 2.00. The van der Waals surface area contributed by atoms with E-state index in [1.54, 1.807) is 6.20 Å². The van der Waals surface area contributed by atoms with Gasteiger partial charge in [0.15, 0.2) is 0 Å². The van der Waals surface area contributed by atoms with Crippen LogP contribution in [0.1, 0.15) is 5.56 Å². The number of hydrogen-bond acceptors (Lipinski definition) is 2. The number of nitrogens with zero attached hydrogens (tertiary/aromatic N) is 2. The van der Waals surface area contributed by atoms with Gasteiger partial charge in [-0.05, 0) is 42.3 Å². The second kappa shape index (κ2) is 3.36. The zero-order valence-electron chi connectivity index (χ0n) is 7.07. The lowest BCUT2D eigenvalue weighted by atomic mass is 10.2. The van der Waals surface area contributed by atoms with E-state index in [4.69, 9.17) is 17.3 Å². The van der Waals surface area contributed by atoms with Gasteiger partial charge < -0.3 is 5.73 Å². The van der Waals surface area contributed by atoms with Gasteiger partial charge in [0, 0.05) is 6.20 Å². The average molecular weight is 196 g/mol. The standard InChI is InChI=1S/C9H10ClN3/c10-9-12-6-8-5-7(1-3-11)2-4-13(8)9/h2,4-6H,1,3,11H2. The summed E-state index contributed by atoms with van der Waals surface area (Å²) >= 11 is 5.83. The highest BCUT2D eigenvalue weighted by Crippen LogP contribution is 2.13. The normalized spacial score (nSPS) is 10.9. The Hall–Kier alpha value is -1.06. The van der Waals surface area contributed by atoms with Gasteiger partial charge in [-0.1, -0.05) is 0 Å². The third-order valence-electron chi connectivity index (χ3n) is 1.98.